The number of carbonyl (C=O) groups is 1. The second-order valence-electron chi connectivity index (χ2n) is 3.67. The predicted octanol–water partition coefficient (Wildman–Crippen LogP) is 1.72. The third-order valence-electron chi connectivity index (χ3n) is 2.59. The molecule has 0 saturated carbocycles. The Hall–Kier alpha value is -0.440. The number of hydrogen-bond donors (Lipinski definition) is 1. The summed E-state index contributed by atoms with van der Waals surface area (Å²) in [7, 11) is 0. The molecule has 1 heterocycles. The number of carbonyl (C=O) groups excluding carboxylic acids is 1. The topological polar surface area (TPSA) is 29.1 Å². The van der Waals surface area contributed by atoms with E-state index in [-0.39, 0.29) is 5.78 Å². The molecule has 2 rings (SSSR count). The van der Waals surface area contributed by atoms with Gasteiger partial charge in [0.2, 0.25) is 0 Å². The summed E-state index contributed by atoms with van der Waals surface area (Å²) in [5.74, 6) is 2.81. The van der Waals surface area contributed by atoms with Crippen LogP contribution in [0.5, 0.6) is 0 Å². The maximum Gasteiger partial charge on any atom is 0.157 e. The van der Waals surface area contributed by atoms with Gasteiger partial charge in [0.15, 0.2) is 5.78 Å². The zero-order chi connectivity index (χ0) is 9.10. The molecule has 0 aromatic rings. The van der Waals surface area contributed by atoms with Crippen molar-refractivity contribution in [3.05, 3.63) is 11.8 Å². The Bertz CT molecular complexity index is 231. The Kier molecular flexibility index (Phi) is 2.94. The molecule has 1 N–H and O–H groups in total. The molecule has 72 valence electrons. The number of thioether (sulfide) groups is 1. The van der Waals surface area contributed by atoms with Crippen molar-refractivity contribution in [1.29, 1.82) is 0 Å². The lowest BCUT2D eigenvalue weighted by molar-refractivity contribution is -0.114. The molecule has 0 amide bonds. The first-order chi connectivity index (χ1) is 6.34. The molecule has 1 fully saturated rings. The van der Waals surface area contributed by atoms with Crippen molar-refractivity contribution in [3.8, 4) is 0 Å². The highest BCUT2D eigenvalue weighted by Gasteiger charge is 2.17. The quantitative estimate of drug-likeness (QED) is 0.731. The van der Waals surface area contributed by atoms with Gasteiger partial charge >= 0.3 is 0 Å². The van der Waals surface area contributed by atoms with Crippen LogP contribution in [0.1, 0.15) is 25.7 Å². The van der Waals surface area contributed by atoms with E-state index >= 15 is 0 Å². The van der Waals surface area contributed by atoms with E-state index < -0.39 is 0 Å². The molecule has 0 bridgehead atoms. The lowest BCUT2D eigenvalue weighted by Crippen LogP contribution is -2.31. The lowest BCUT2D eigenvalue weighted by Gasteiger charge is -2.23. The Balaban J connectivity index is 1.83. The van der Waals surface area contributed by atoms with Gasteiger partial charge in [-0.3, -0.25) is 4.79 Å². The largest absolute Gasteiger partial charge is 0.385 e. The van der Waals surface area contributed by atoms with E-state index in [0.717, 1.165) is 6.42 Å². The van der Waals surface area contributed by atoms with Crippen LogP contribution in [0.25, 0.3) is 0 Å². The summed E-state index contributed by atoms with van der Waals surface area (Å²) in [6.45, 7) is 0. The van der Waals surface area contributed by atoms with E-state index in [1.165, 1.54) is 30.0 Å². The molecule has 0 unspecified atom stereocenters. The van der Waals surface area contributed by atoms with Gasteiger partial charge in [-0.25, -0.2) is 0 Å². The molecule has 3 heteroatoms. The summed E-state index contributed by atoms with van der Waals surface area (Å²) in [6, 6.07) is 0.624. The van der Waals surface area contributed by atoms with Crippen molar-refractivity contribution in [2.75, 3.05) is 11.5 Å². The average molecular weight is 197 g/mol. The Morgan fingerprint density at radius 3 is 2.69 bits per heavy atom. The van der Waals surface area contributed by atoms with Crippen molar-refractivity contribution in [1.82, 2.24) is 5.32 Å². The van der Waals surface area contributed by atoms with Crippen LogP contribution in [0, 0.1) is 0 Å². The minimum atomic E-state index is 0.285. The van der Waals surface area contributed by atoms with E-state index in [4.69, 9.17) is 0 Å². The van der Waals surface area contributed by atoms with Gasteiger partial charge < -0.3 is 5.32 Å². The van der Waals surface area contributed by atoms with Crippen LogP contribution in [0.4, 0.5) is 0 Å². The van der Waals surface area contributed by atoms with Crippen molar-refractivity contribution >= 4 is 17.5 Å². The molecule has 0 radical (unpaired) electrons. The smallest absolute Gasteiger partial charge is 0.157 e. The average Bonchev–Trinajstić information content (AvgIpc) is 2.53. The van der Waals surface area contributed by atoms with Gasteiger partial charge in [-0.05, 0) is 30.8 Å². The monoisotopic (exact) mass is 197 g/mol. The minimum Gasteiger partial charge on any atom is -0.385 e. The zero-order valence-corrected chi connectivity index (χ0v) is 8.53. The summed E-state index contributed by atoms with van der Waals surface area (Å²) in [6.07, 6.45) is 5.92. The summed E-state index contributed by atoms with van der Waals surface area (Å²) in [5.41, 5.74) is 1.17. The second-order valence-corrected chi connectivity index (χ2v) is 4.89. The standard InChI is InChI=1S/C10H15NOS/c12-10-2-1-9(7-10)11-8-3-5-13-6-4-8/h7-8,11H,1-6H2. The molecule has 0 aromatic heterocycles. The highest BCUT2D eigenvalue weighted by Crippen LogP contribution is 2.20. The lowest BCUT2D eigenvalue weighted by atomic mass is 10.1. The molecular formula is C10H15NOS. The molecule has 2 nitrogen and oxygen atoms in total. The first-order valence-electron chi connectivity index (χ1n) is 4.92. The number of allylic oxidation sites excluding steroid dienone is 2. The van der Waals surface area contributed by atoms with Crippen LogP contribution in [0.3, 0.4) is 0 Å². The van der Waals surface area contributed by atoms with Crippen molar-refractivity contribution in [3.63, 3.8) is 0 Å². The highest BCUT2D eigenvalue weighted by atomic mass is 32.2. The van der Waals surface area contributed by atoms with E-state index in [2.05, 4.69) is 5.32 Å². The first-order valence-corrected chi connectivity index (χ1v) is 6.08. The maximum absolute atomic E-state index is 11.0. The van der Waals surface area contributed by atoms with Crippen LogP contribution < -0.4 is 5.32 Å². The second kappa shape index (κ2) is 4.18. The fourth-order valence-corrected chi connectivity index (χ4v) is 2.92. The van der Waals surface area contributed by atoms with Crippen molar-refractivity contribution in [2.24, 2.45) is 0 Å². The van der Waals surface area contributed by atoms with Gasteiger partial charge in [-0.15, -0.1) is 0 Å². The molecule has 1 aliphatic carbocycles. The Labute approximate surface area is 83.2 Å². The number of nitrogens with one attached hydrogen (secondary N) is 1. The molecule has 1 saturated heterocycles. The summed E-state index contributed by atoms with van der Waals surface area (Å²) < 4.78 is 0. The number of hydrogen-bond acceptors (Lipinski definition) is 3. The van der Waals surface area contributed by atoms with Crippen molar-refractivity contribution < 1.29 is 4.79 Å². The van der Waals surface area contributed by atoms with E-state index in [1.54, 1.807) is 6.08 Å². The fourth-order valence-electron chi connectivity index (χ4n) is 1.81. The van der Waals surface area contributed by atoms with Gasteiger partial charge in [0.25, 0.3) is 0 Å². The van der Waals surface area contributed by atoms with Crippen LogP contribution in [0.2, 0.25) is 0 Å². The van der Waals surface area contributed by atoms with Crippen LogP contribution >= 0.6 is 11.8 Å². The van der Waals surface area contributed by atoms with E-state index in [9.17, 15) is 4.79 Å². The SMILES string of the molecule is O=C1C=C(NC2CCSCC2)CC1. The fraction of sp³-hybridized carbons (Fsp3) is 0.700. The van der Waals surface area contributed by atoms with E-state index in [1.807, 2.05) is 11.8 Å². The van der Waals surface area contributed by atoms with Gasteiger partial charge in [0.05, 0.1) is 0 Å². The Morgan fingerprint density at radius 1 is 1.31 bits per heavy atom. The van der Waals surface area contributed by atoms with Crippen LogP contribution in [0.15, 0.2) is 11.8 Å². The zero-order valence-electron chi connectivity index (χ0n) is 7.71. The van der Waals surface area contributed by atoms with Crippen LogP contribution in [-0.4, -0.2) is 23.3 Å². The first kappa shape index (κ1) is 9.13. The normalized spacial score (nSPS) is 24.6. The number of ketones is 1. The summed E-state index contributed by atoms with van der Waals surface area (Å²) >= 11 is 2.03. The van der Waals surface area contributed by atoms with Gasteiger partial charge in [0, 0.05) is 24.2 Å². The third kappa shape index (κ3) is 2.50. The molecular weight excluding hydrogens is 182 g/mol. The Morgan fingerprint density at radius 2 is 2.08 bits per heavy atom. The molecule has 0 aromatic carbocycles. The third-order valence-corrected chi connectivity index (χ3v) is 3.64. The summed E-state index contributed by atoms with van der Waals surface area (Å²) in [4.78, 5) is 11.0. The van der Waals surface area contributed by atoms with Gasteiger partial charge in [0.1, 0.15) is 0 Å². The predicted molar refractivity (Wildman–Crippen MR) is 55.8 cm³/mol. The number of rotatable bonds is 2. The van der Waals surface area contributed by atoms with Crippen LogP contribution in [-0.2, 0) is 4.79 Å². The molecule has 2 aliphatic rings. The van der Waals surface area contributed by atoms with E-state index in [0.29, 0.717) is 12.5 Å². The molecule has 0 atom stereocenters. The molecule has 0 spiro atoms. The van der Waals surface area contributed by atoms with Gasteiger partial charge in [-0.2, -0.15) is 11.8 Å². The highest BCUT2D eigenvalue weighted by molar-refractivity contribution is 7.99. The summed E-state index contributed by atoms with van der Waals surface area (Å²) in [5, 5.41) is 3.48. The van der Waals surface area contributed by atoms with Gasteiger partial charge in [-0.1, -0.05) is 0 Å². The minimum absolute atomic E-state index is 0.285. The maximum atomic E-state index is 11.0. The molecule has 1 aliphatic heterocycles. The molecule has 13 heavy (non-hydrogen) atoms. The van der Waals surface area contributed by atoms with Crippen molar-refractivity contribution in [2.45, 2.75) is 31.7 Å².